The highest BCUT2D eigenvalue weighted by molar-refractivity contribution is 5.78. The molecule has 0 amide bonds. The Bertz CT molecular complexity index is 842. The molecular formula is C16H10N2O. The molecule has 0 aliphatic rings. The number of benzene rings is 1. The molecule has 0 saturated heterocycles. The molecule has 3 rings (SSSR count). The minimum Gasteiger partial charge on any atom is -0.283 e. The van der Waals surface area contributed by atoms with Crippen LogP contribution in [0.1, 0.15) is 5.56 Å². The zero-order valence-corrected chi connectivity index (χ0v) is 10.1. The zero-order valence-electron chi connectivity index (χ0n) is 10.1. The molecule has 19 heavy (non-hydrogen) atoms. The van der Waals surface area contributed by atoms with Crippen molar-refractivity contribution >= 4 is 5.52 Å². The van der Waals surface area contributed by atoms with Gasteiger partial charge in [-0.25, -0.2) is 0 Å². The van der Waals surface area contributed by atoms with Gasteiger partial charge in [-0.15, -0.1) is 0 Å². The molecular weight excluding hydrogens is 236 g/mol. The van der Waals surface area contributed by atoms with Gasteiger partial charge in [0.15, 0.2) is 0 Å². The monoisotopic (exact) mass is 246 g/mol. The van der Waals surface area contributed by atoms with Crippen molar-refractivity contribution in [2.75, 3.05) is 0 Å². The van der Waals surface area contributed by atoms with E-state index in [9.17, 15) is 10.1 Å². The van der Waals surface area contributed by atoms with Crippen molar-refractivity contribution in [3.05, 3.63) is 76.7 Å². The Labute approximate surface area is 110 Å². The van der Waals surface area contributed by atoms with Crippen molar-refractivity contribution in [3.63, 3.8) is 0 Å². The van der Waals surface area contributed by atoms with Gasteiger partial charge in [-0.2, -0.15) is 5.26 Å². The van der Waals surface area contributed by atoms with Crippen LogP contribution in [0.2, 0.25) is 0 Å². The van der Waals surface area contributed by atoms with E-state index >= 15 is 0 Å². The van der Waals surface area contributed by atoms with Gasteiger partial charge in [0.25, 0.3) is 5.56 Å². The van der Waals surface area contributed by atoms with Gasteiger partial charge in [0.05, 0.1) is 11.1 Å². The molecule has 0 fully saturated rings. The molecule has 3 aromatic rings. The standard InChI is InChI=1S/C16H10N2O/c17-11-14-13(12-6-2-1-3-7-12)10-16(19)18-9-5-4-8-15(14)18/h1-10H. The van der Waals surface area contributed by atoms with E-state index in [0.29, 0.717) is 16.6 Å². The normalized spacial score (nSPS) is 10.3. The third-order valence-electron chi connectivity index (χ3n) is 3.09. The predicted octanol–water partition coefficient (Wildman–Crippen LogP) is 2.84. The maximum Gasteiger partial charge on any atom is 0.255 e. The molecule has 2 heterocycles. The van der Waals surface area contributed by atoms with E-state index < -0.39 is 0 Å². The van der Waals surface area contributed by atoms with Gasteiger partial charge in [-0.3, -0.25) is 9.20 Å². The Morgan fingerprint density at radius 1 is 1.00 bits per heavy atom. The Balaban J connectivity index is 2.45. The minimum absolute atomic E-state index is 0.131. The van der Waals surface area contributed by atoms with E-state index in [0.717, 1.165) is 5.56 Å². The second-order valence-corrected chi connectivity index (χ2v) is 4.20. The van der Waals surface area contributed by atoms with Crippen LogP contribution < -0.4 is 5.56 Å². The van der Waals surface area contributed by atoms with Crippen LogP contribution in [0.25, 0.3) is 16.6 Å². The fraction of sp³-hybridized carbons (Fsp3) is 0. The number of rotatable bonds is 1. The van der Waals surface area contributed by atoms with Gasteiger partial charge in [0, 0.05) is 17.8 Å². The lowest BCUT2D eigenvalue weighted by Crippen LogP contribution is -2.13. The van der Waals surface area contributed by atoms with Crippen LogP contribution in [0.15, 0.2) is 65.6 Å². The topological polar surface area (TPSA) is 45.3 Å². The highest BCUT2D eigenvalue weighted by atomic mass is 16.1. The summed E-state index contributed by atoms with van der Waals surface area (Å²) < 4.78 is 1.49. The van der Waals surface area contributed by atoms with Crippen molar-refractivity contribution < 1.29 is 0 Å². The Morgan fingerprint density at radius 3 is 2.47 bits per heavy atom. The maximum absolute atomic E-state index is 12.1. The second kappa shape index (κ2) is 4.43. The van der Waals surface area contributed by atoms with Crippen LogP contribution in [-0.2, 0) is 0 Å². The molecule has 1 aromatic carbocycles. The molecule has 3 nitrogen and oxygen atoms in total. The summed E-state index contributed by atoms with van der Waals surface area (Å²) in [6, 6.07) is 18.6. The van der Waals surface area contributed by atoms with Crippen LogP contribution in [0.4, 0.5) is 0 Å². The van der Waals surface area contributed by atoms with Crippen LogP contribution in [0.3, 0.4) is 0 Å². The van der Waals surface area contributed by atoms with Gasteiger partial charge < -0.3 is 0 Å². The smallest absolute Gasteiger partial charge is 0.255 e. The van der Waals surface area contributed by atoms with Crippen LogP contribution in [-0.4, -0.2) is 4.40 Å². The number of fused-ring (bicyclic) bond motifs is 1. The van der Waals surface area contributed by atoms with Crippen molar-refractivity contribution in [2.45, 2.75) is 0 Å². The zero-order chi connectivity index (χ0) is 13.2. The van der Waals surface area contributed by atoms with Gasteiger partial charge in [0.1, 0.15) is 6.07 Å². The van der Waals surface area contributed by atoms with E-state index in [1.807, 2.05) is 36.4 Å². The quantitative estimate of drug-likeness (QED) is 0.662. The molecule has 3 heteroatoms. The molecule has 0 aliphatic heterocycles. The Kier molecular flexibility index (Phi) is 2.62. The molecule has 0 aliphatic carbocycles. The summed E-state index contributed by atoms with van der Waals surface area (Å²) in [6.45, 7) is 0. The lowest BCUT2D eigenvalue weighted by Gasteiger charge is -2.08. The minimum atomic E-state index is -0.131. The lowest BCUT2D eigenvalue weighted by molar-refractivity contribution is 1.09. The average Bonchev–Trinajstić information content (AvgIpc) is 2.48. The maximum atomic E-state index is 12.1. The van der Waals surface area contributed by atoms with Crippen molar-refractivity contribution in [1.82, 2.24) is 4.40 Å². The molecule has 0 atom stereocenters. The molecule has 0 spiro atoms. The first kappa shape index (κ1) is 11.2. The fourth-order valence-electron chi connectivity index (χ4n) is 2.21. The summed E-state index contributed by atoms with van der Waals surface area (Å²) in [4.78, 5) is 12.1. The summed E-state index contributed by atoms with van der Waals surface area (Å²) >= 11 is 0. The van der Waals surface area contributed by atoms with Crippen LogP contribution in [0.5, 0.6) is 0 Å². The second-order valence-electron chi connectivity index (χ2n) is 4.20. The third-order valence-corrected chi connectivity index (χ3v) is 3.09. The SMILES string of the molecule is N#Cc1c(-c2ccccc2)cc(=O)n2ccccc12. The van der Waals surface area contributed by atoms with E-state index in [1.54, 1.807) is 18.3 Å². The number of nitrogens with zero attached hydrogens (tertiary/aromatic N) is 2. The number of hydrogen-bond donors (Lipinski definition) is 0. The molecule has 0 radical (unpaired) electrons. The Morgan fingerprint density at radius 2 is 1.74 bits per heavy atom. The summed E-state index contributed by atoms with van der Waals surface area (Å²) in [5.41, 5.74) is 2.58. The number of pyridine rings is 2. The largest absolute Gasteiger partial charge is 0.283 e. The summed E-state index contributed by atoms with van der Waals surface area (Å²) in [5.74, 6) is 0. The van der Waals surface area contributed by atoms with Gasteiger partial charge in [-0.05, 0) is 17.7 Å². The molecule has 0 unspecified atom stereocenters. The molecule has 2 aromatic heterocycles. The van der Waals surface area contributed by atoms with Gasteiger partial charge >= 0.3 is 0 Å². The van der Waals surface area contributed by atoms with Gasteiger partial charge in [0.2, 0.25) is 0 Å². The van der Waals surface area contributed by atoms with E-state index in [1.165, 1.54) is 10.5 Å². The molecule has 0 saturated carbocycles. The van der Waals surface area contributed by atoms with Crippen molar-refractivity contribution in [2.24, 2.45) is 0 Å². The molecule has 90 valence electrons. The average molecular weight is 246 g/mol. The van der Waals surface area contributed by atoms with Gasteiger partial charge in [-0.1, -0.05) is 36.4 Å². The van der Waals surface area contributed by atoms with E-state index in [4.69, 9.17) is 0 Å². The molecule has 0 N–H and O–H groups in total. The first-order chi connectivity index (χ1) is 9.31. The van der Waals surface area contributed by atoms with E-state index in [2.05, 4.69) is 6.07 Å². The predicted molar refractivity (Wildman–Crippen MR) is 73.8 cm³/mol. The third kappa shape index (κ3) is 1.80. The summed E-state index contributed by atoms with van der Waals surface area (Å²) in [5, 5.41) is 9.40. The van der Waals surface area contributed by atoms with Crippen LogP contribution >= 0.6 is 0 Å². The first-order valence-corrected chi connectivity index (χ1v) is 5.91. The highest BCUT2D eigenvalue weighted by Crippen LogP contribution is 2.24. The highest BCUT2D eigenvalue weighted by Gasteiger charge is 2.10. The number of aromatic nitrogens is 1. The molecule has 0 bridgehead atoms. The van der Waals surface area contributed by atoms with Crippen molar-refractivity contribution in [3.8, 4) is 17.2 Å². The first-order valence-electron chi connectivity index (χ1n) is 5.91. The lowest BCUT2D eigenvalue weighted by atomic mass is 10.0. The number of nitriles is 1. The van der Waals surface area contributed by atoms with Crippen LogP contribution in [0, 0.1) is 11.3 Å². The Hall–Kier alpha value is -2.86. The number of hydrogen-bond acceptors (Lipinski definition) is 2. The summed E-state index contributed by atoms with van der Waals surface area (Å²) in [6.07, 6.45) is 1.67. The van der Waals surface area contributed by atoms with E-state index in [-0.39, 0.29) is 5.56 Å². The fourth-order valence-corrected chi connectivity index (χ4v) is 2.21. The summed E-state index contributed by atoms with van der Waals surface area (Å²) in [7, 11) is 0. The van der Waals surface area contributed by atoms with Crippen molar-refractivity contribution in [1.29, 1.82) is 5.26 Å².